The van der Waals surface area contributed by atoms with E-state index in [-0.39, 0.29) is 17.9 Å². The van der Waals surface area contributed by atoms with Crippen LogP contribution in [0.1, 0.15) is 12.8 Å². The number of rotatable bonds is 4. The highest BCUT2D eigenvalue weighted by Gasteiger charge is 2.35. The third-order valence-corrected chi connectivity index (χ3v) is 3.45. The topological polar surface area (TPSA) is 51.7 Å². The molecule has 1 aliphatic carbocycles. The van der Waals surface area contributed by atoms with Crippen molar-refractivity contribution in [3.63, 3.8) is 0 Å². The summed E-state index contributed by atoms with van der Waals surface area (Å²) in [6.45, 7) is 2.40. The van der Waals surface area contributed by atoms with E-state index in [2.05, 4.69) is 4.98 Å². The Balaban J connectivity index is 1.49. The highest BCUT2D eigenvalue weighted by Crippen LogP contribution is 2.31. The second-order valence-corrected chi connectivity index (χ2v) is 5.05. The van der Waals surface area contributed by atoms with Crippen molar-refractivity contribution in [3.8, 4) is 5.75 Å². The van der Waals surface area contributed by atoms with Crippen molar-refractivity contribution in [2.75, 3.05) is 26.3 Å². The van der Waals surface area contributed by atoms with Crippen LogP contribution in [0.15, 0.2) is 24.5 Å². The summed E-state index contributed by atoms with van der Waals surface area (Å²) in [7, 11) is 0. The lowest BCUT2D eigenvalue weighted by Gasteiger charge is -2.33. The standard InChI is InChI=1S/C14H18N2O3/c17-14(11-3-4-11)16-6-7-18-13(9-16)10-19-12-2-1-5-15-8-12/h1-2,5,8,11,13H,3-4,6-7,9-10H2. The van der Waals surface area contributed by atoms with E-state index in [1.807, 2.05) is 17.0 Å². The van der Waals surface area contributed by atoms with Gasteiger partial charge in [0.25, 0.3) is 0 Å². The quantitative estimate of drug-likeness (QED) is 0.815. The number of carbonyl (C=O) groups excluding carboxylic acids is 1. The minimum Gasteiger partial charge on any atom is -0.489 e. The Morgan fingerprint density at radius 2 is 2.42 bits per heavy atom. The lowest BCUT2D eigenvalue weighted by molar-refractivity contribution is -0.141. The summed E-state index contributed by atoms with van der Waals surface area (Å²) < 4.78 is 11.3. The molecule has 1 saturated carbocycles. The Morgan fingerprint density at radius 3 is 3.16 bits per heavy atom. The van der Waals surface area contributed by atoms with Crippen LogP contribution in [0.5, 0.6) is 5.75 Å². The Kier molecular flexibility index (Phi) is 3.64. The van der Waals surface area contributed by atoms with E-state index >= 15 is 0 Å². The summed E-state index contributed by atoms with van der Waals surface area (Å²) in [5, 5.41) is 0. The molecule has 2 fully saturated rings. The van der Waals surface area contributed by atoms with Gasteiger partial charge in [0.05, 0.1) is 19.3 Å². The molecule has 1 aliphatic heterocycles. The zero-order valence-electron chi connectivity index (χ0n) is 10.8. The van der Waals surface area contributed by atoms with Crippen LogP contribution in [0.4, 0.5) is 0 Å². The van der Waals surface area contributed by atoms with Gasteiger partial charge in [-0.1, -0.05) is 0 Å². The Bertz CT molecular complexity index is 434. The van der Waals surface area contributed by atoms with Crippen LogP contribution in [0, 0.1) is 5.92 Å². The van der Waals surface area contributed by atoms with Crippen LogP contribution in [0.2, 0.25) is 0 Å². The maximum absolute atomic E-state index is 12.0. The maximum Gasteiger partial charge on any atom is 0.225 e. The maximum atomic E-state index is 12.0. The van der Waals surface area contributed by atoms with E-state index in [4.69, 9.17) is 9.47 Å². The first-order chi connectivity index (χ1) is 9.33. The van der Waals surface area contributed by atoms with Crippen molar-refractivity contribution >= 4 is 5.91 Å². The highest BCUT2D eigenvalue weighted by molar-refractivity contribution is 5.81. The zero-order chi connectivity index (χ0) is 13.1. The summed E-state index contributed by atoms with van der Waals surface area (Å²) in [6.07, 6.45) is 5.44. The molecule has 0 radical (unpaired) electrons. The van der Waals surface area contributed by atoms with Crippen molar-refractivity contribution in [1.82, 2.24) is 9.88 Å². The van der Waals surface area contributed by atoms with E-state index in [0.717, 1.165) is 18.6 Å². The lowest BCUT2D eigenvalue weighted by atomic mass is 10.2. The Labute approximate surface area is 112 Å². The normalized spacial score (nSPS) is 23.2. The van der Waals surface area contributed by atoms with Crippen LogP contribution in [0.3, 0.4) is 0 Å². The molecular weight excluding hydrogens is 244 g/mol. The van der Waals surface area contributed by atoms with Crippen molar-refractivity contribution in [3.05, 3.63) is 24.5 Å². The summed E-state index contributed by atoms with van der Waals surface area (Å²) in [5.41, 5.74) is 0. The van der Waals surface area contributed by atoms with Gasteiger partial charge in [-0.15, -0.1) is 0 Å². The fraction of sp³-hybridized carbons (Fsp3) is 0.571. The average molecular weight is 262 g/mol. The van der Waals surface area contributed by atoms with E-state index < -0.39 is 0 Å². The average Bonchev–Trinajstić information content (AvgIpc) is 3.30. The van der Waals surface area contributed by atoms with E-state index in [0.29, 0.717) is 26.3 Å². The number of hydrogen-bond donors (Lipinski definition) is 0. The van der Waals surface area contributed by atoms with Gasteiger partial charge < -0.3 is 14.4 Å². The number of aromatic nitrogens is 1. The molecule has 1 amide bonds. The fourth-order valence-electron chi connectivity index (χ4n) is 2.23. The van der Waals surface area contributed by atoms with Crippen LogP contribution in [-0.4, -0.2) is 48.2 Å². The van der Waals surface area contributed by atoms with Crippen LogP contribution >= 0.6 is 0 Å². The monoisotopic (exact) mass is 262 g/mol. The van der Waals surface area contributed by atoms with E-state index in [1.54, 1.807) is 12.4 Å². The molecule has 0 aromatic carbocycles. The van der Waals surface area contributed by atoms with Crippen molar-refractivity contribution in [2.24, 2.45) is 5.92 Å². The number of amides is 1. The van der Waals surface area contributed by atoms with Gasteiger partial charge in [-0.05, 0) is 25.0 Å². The molecule has 1 aromatic rings. The molecule has 1 saturated heterocycles. The predicted octanol–water partition coefficient (Wildman–Crippen LogP) is 1.10. The van der Waals surface area contributed by atoms with Crippen molar-refractivity contribution < 1.29 is 14.3 Å². The van der Waals surface area contributed by atoms with Gasteiger partial charge in [-0.25, -0.2) is 0 Å². The molecule has 5 nitrogen and oxygen atoms in total. The summed E-state index contributed by atoms with van der Waals surface area (Å²) in [6, 6.07) is 3.70. The van der Waals surface area contributed by atoms with Crippen LogP contribution in [0.25, 0.3) is 0 Å². The first kappa shape index (κ1) is 12.4. The number of hydrogen-bond acceptors (Lipinski definition) is 4. The molecular formula is C14H18N2O3. The molecule has 0 bridgehead atoms. The summed E-state index contributed by atoms with van der Waals surface area (Å²) >= 11 is 0. The van der Waals surface area contributed by atoms with Gasteiger partial charge in [0.1, 0.15) is 18.5 Å². The van der Waals surface area contributed by atoms with Crippen LogP contribution < -0.4 is 4.74 Å². The minimum atomic E-state index is -0.0448. The Hall–Kier alpha value is -1.62. The summed E-state index contributed by atoms with van der Waals surface area (Å²) in [4.78, 5) is 17.9. The predicted molar refractivity (Wildman–Crippen MR) is 68.8 cm³/mol. The molecule has 0 spiro atoms. The van der Waals surface area contributed by atoms with Gasteiger partial charge in [-0.3, -0.25) is 9.78 Å². The first-order valence-corrected chi connectivity index (χ1v) is 6.76. The van der Waals surface area contributed by atoms with E-state index in [9.17, 15) is 4.79 Å². The molecule has 1 unspecified atom stereocenters. The number of carbonyl (C=O) groups is 1. The SMILES string of the molecule is O=C(C1CC1)N1CCOC(COc2cccnc2)C1. The highest BCUT2D eigenvalue weighted by atomic mass is 16.5. The fourth-order valence-corrected chi connectivity index (χ4v) is 2.23. The molecule has 1 atom stereocenters. The van der Waals surface area contributed by atoms with E-state index in [1.165, 1.54) is 0 Å². The molecule has 5 heteroatoms. The van der Waals surface area contributed by atoms with Crippen LogP contribution in [-0.2, 0) is 9.53 Å². The third-order valence-electron chi connectivity index (χ3n) is 3.45. The second-order valence-electron chi connectivity index (χ2n) is 5.05. The van der Waals surface area contributed by atoms with Gasteiger partial charge in [0.2, 0.25) is 5.91 Å². The first-order valence-electron chi connectivity index (χ1n) is 6.76. The smallest absolute Gasteiger partial charge is 0.225 e. The van der Waals surface area contributed by atoms with Gasteiger partial charge in [0, 0.05) is 18.7 Å². The van der Waals surface area contributed by atoms with Crippen molar-refractivity contribution in [2.45, 2.75) is 18.9 Å². The van der Waals surface area contributed by atoms with Gasteiger partial charge in [-0.2, -0.15) is 0 Å². The molecule has 2 heterocycles. The largest absolute Gasteiger partial charge is 0.489 e. The molecule has 2 aliphatic rings. The molecule has 3 rings (SSSR count). The van der Waals surface area contributed by atoms with Gasteiger partial charge in [0.15, 0.2) is 0 Å². The zero-order valence-corrected chi connectivity index (χ0v) is 10.8. The lowest BCUT2D eigenvalue weighted by Crippen LogP contribution is -2.48. The van der Waals surface area contributed by atoms with Crippen molar-refractivity contribution in [1.29, 1.82) is 0 Å². The molecule has 1 aromatic heterocycles. The molecule has 102 valence electrons. The van der Waals surface area contributed by atoms with Gasteiger partial charge >= 0.3 is 0 Å². The number of morpholine rings is 1. The number of ether oxygens (including phenoxy) is 2. The third kappa shape index (κ3) is 3.23. The minimum absolute atomic E-state index is 0.0448. The number of nitrogens with zero attached hydrogens (tertiary/aromatic N) is 2. The second kappa shape index (κ2) is 5.57. The Morgan fingerprint density at radius 1 is 1.53 bits per heavy atom. The number of pyridine rings is 1. The molecule has 0 N–H and O–H groups in total. The molecule has 19 heavy (non-hydrogen) atoms. The summed E-state index contributed by atoms with van der Waals surface area (Å²) in [5.74, 6) is 1.30.